The molecule has 23 heavy (non-hydrogen) atoms. The lowest BCUT2D eigenvalue weighted by molar-refractivity contribution is -0.118. The van der Waals surface area contributed by atoms with E-state index in [0.717, 1.165) is 12.1 Å². The Balaban J connectivity index is 1.80. The third-order valence-electron chi connectivity index (χ3n) is 3.73. The number of hydrogen-bond donors (Lipinski definition) is 1. The van der Waals surface area contributed by atoms with Gasteiger partial charge in [-0.1, -0.05) is 12.1 Å². The molecule has 1 N–H and O–H groups in total. The molecule has 3 rings (SSSR count). The minimum absolute atomic E-state index is 0.329. The summed E-state index contributed by atoms with van der Waals surface area (Å²) < 4.78 is 13.8. The van der Waals surface area contributed by atoms with E-state index in [1.807, 2.05) is 11.8 Å². The molecule has 1 amide bonds. The zero-order valence-electron chi connectivity index (χ0n) is 12.9. The highest BCUT2D eigenvalue weighted by Gasteiger charge is 2.18. The molecule has 2 aromatic rings. The van der Waals surface area contributed by atoms with E-state index in [2.05, 4.69) is 15.3 Å². The molecule has 0 bridgehead atoms. The van der Waals surface area contributed by atoms with Gasteiger partial charge in [0.15, 0.2) is 0 Å². The summed E-state index contributed by atoms with van der Waals surface area (Å²) in [6.45, 7) is 4.54. The summed E-state index contributed by atoms with van der Waals surface area (Å²) >= 11 is 0. The molecular weight excluding hydrogens is 297 g/mol. The average Bonchev–Trinajstić information content (AvgIpc) is 2.56. The highest BCUT2D eigenvalue weighted by atomic mass is 19.1. The number of piperazine rings is 1. The number of halogens is 1. The predicted octanol–water partition coefficient (Wildman–Crippen LogP) is 1.95. The van der Waals surface area contributed by atoms with E-state index >= 15 is 0 Å². The topological polar surface area (TPSA) is 61.4 Å². The Kier molecular flexibility index (Phi) is 4.36. The molecule has 0 atom stereocenters. The van der Waals surface area contributed by atoms with Crippen molar-refractivity contribution < 1.29 is 9.18 Å². The molecule has 0 aliphatic carbocycles. The van der Waals surface area contributed by atoms with Crippen LogP contribution in [0.3, 0.4) is 0 Å². The first-order valence-corrected chi connectivity index (χ1v) is 7.47. The summed E-state index contributed by atoms with van der Waals surface area (Å²) in [6, 6.07) is 8.24. The van der Waals surface area contributed by atoms with Crippen molar-refractivity contribution in [2.75, 3.05) is 36.4 Å². The minimum Gasteiger partial charge on any atom is -0.342 e. The highest BCUT2D eigenvalue weighted by molar-refractivity contribution is 5.58. The first-order chi connectivity index (χ1) is 11.2. The minimum atomic E-state index is -0.329. The smallest absolute Gasteiger partial charge is 0.227 e. The maximum Gasteiger partial charge on any atom is 0.227 e. The van der Waals surface area contributed by atoms with Crippen LogP contribution in [0.25, 0.3) is 0 Å². The van der Waals surface area contributed by atoms with E-state index in [4.69, 9.17) is 0 Å². The molecule has 0 spiro atoms. The van der Waals surface area contributed by atoms with E-state index in [1.165, 1.54) is 6.07 Å². The van der Waals surface area contributed by atoms with E-state index in [-0.39, 0.29) is 5.82 Å². The normalized spacial score (nSPS) is 14.7. The summed E-state index contributed by atoms with van der Waals surface area (Å²) in [4.78, 5) is 23.5. The standard InChI is InChI=1S/C16H18FN5O/c1-12-10-15(19-14-5-3-2-4-13(14)17)20-16(18-12)22-8-6-21(11-23)7-9-22/h2-5,10-11H,6-9H2,1H3,(H,18,19,20). The molecule has 6 nitrogen and oxygen atoms in total. The maximum atomic E-state index is 13.8. The number of anilines is 3. The number of benzene rings is 1. The van der Waals surface area contributed by atoms with Crippen LogP contribution in [0.1, 0.15) is 5.69 Å². The zero-order valence-corrected chi connectivity index (χ0v) is 12.9. The number of amides is 1. The number of rotatable bonds is 4. The Hall–Kier alpha value is -2.70. The number of para-hydroxylation sites is 1. The second-order valence-electron chi connectivity index (χ2n) is 5.43. The van der Waals surface area contributed by atoms with Crippen LogP contribution in [0.15, 0.2) is 30.3 Å². The van der Waals surface area contributed by atoms with Crippen LogP contribution in [0.5, 0.6) is 0 Å². The fourth-order valence-corrected chi connectivity index (χ4v) is 2.49. The number of aromatic nitrogens is 2. The summed E-state index contributed by atoms with van der Waals surface area (Å²) in [5, 5.41) is 2.99. The first kappa shape index (κ1) is 15.2. The van der Waals surface area contributed by atoms with Crippen LogP contribution in [-0.4, -0.2) is 47.5 Å². The van der Waals surface area contributed by atoms with Crippen molar-refractivity contribution in [3.8, 4) is 0 Å². The van der Waals surface area contributed by atoms with Gasteiger partial charge < -0.3 is 15.1 Å². The molecule has 1 aliphatic heterocycles. The summed E-state index contributed by atoms with van der Waals surface area (Å²) in [7, 11) is 0. The van der Waals surface area contributed by atoms with E-state index in [9.17, 15) is 9.18 Å². The SMILES string of the molecule is Cc1cc(Nc2ccccc2F)nc(N2CCN(C=O)CC2)n1. The fourth-order valence-electron chi connectivity index (χ4n) is 2.49. The third-order valence-corrected chi connectivity index (χ3v) is 3.73. The number of carbonyl (C=O) groups excluding carboxylic acids is 1. The van der Waals surface area contributed by atoms with Gasteiger partial charge >= 0.3 is 0 Å². The lowest BCUT2D eigenvalue weighted by Crippen LogP contribution is -2.46. The molecule has 1 aromatic carbocycles. The average molecular weight is 315 g/mol. The van der Waals surface area contributed by atoms with Crippen molar-refractivity contribution in [3.05, 3.63) is 41.8 Å². The van der Waals surface area contributed by atoms with E-state index in [1.54, 1.807) is 29.2 Å². The quantitative estimate of drug-likeness (QED) is 0.874. The summed E-state index contributed by atoms with van der Waals surface area (Å²) in [5.41, 5.74) is 1.17. The molecular formula is C16H18FN5O. The second kappa shape index (κ2) is 6.60. The molecule has 1 aromatic heterocycles. The van der Waals surface area contributed by atoms with Gasteiger partial charge in [0.05, 0.1) is 5.69 Å². The van der Waals surface area contributed by atoms with E-state index in [0.29, 0.717) is 43.6 Å². The van der Waals surface area contributed by atoms with Crippen LogP contribution in [-0.2, 0) is 4.79 Å². The predicted molar refractivity (Wildman–Crippen MR) is 86.3 cm³/mol. The summed E-state index contributed by atoms with van der Waals surface area (Å²) in [5.74, 6) is 0.815. The molecule has 1 aliphatic rings. The van der Waals surface area contributed by atoms with Crippen molar-refractivity contribution in [3.63, 3.8) is 0 Å². The lowest BCUT2D eigenvalue weighted by atomic mass is 10.3. The monoisotopic (exact) mass is 315 g/mol. The van der Waals surface area contributed by atoms with E-state index < -0.39 is 0 Å². The van der Waals surface area contributed by atoms with Gasteiger partial charge in [0.25, 0.3) is 0 Å². The van der Waals surface area contributed by atoms with Crippen molar-refractivity contribution in [1.29, 1.82) is 0 Å². The molecule has 0 radical (unpaired) electrons. The first-order valence-electron chi connectivity index (χ1n) is 7.47. The largest absolute Gasteiger partial charge is 0.342 e. The van der Waals surface area contributed by atoms with Crippen molar-refractivity contribution in [2.45, 2.75) is 6.92 Å². The van der Waals surface area contributed by atoms with Gasteiger partial charge in [-0.3, -0.25) is 4.79 Å². The Labute approximate surface area is 134 Å². The summed E-state index contributed by atoms with van der Waals surface area (Å²) in [6.07, 6.45) is 0.861. The fraction of sp³-hybridized carbons (Fsp3) is 0.312. The van der Waals surface area contributed by atoms with Gasteiger partial charge in [-0.05, 0) is 19.1 Å². The number of nitrogens with zero attached hydrogens (tertiary/aromatic N) is 4. The van der Waals surface area contributed by atoms with Gasteiger partial charge in [-0.25, -0.2) is 9.37 Å². The number of aryl methyl sites for hydroxylation is 1. The van der Waals surface area contributed by atoms with Gasteiger partial charge in [0.2, 0.25) is 12.4 Å². The Morgan fingerprint density at radius 1 is 1.17 bits per heavy atom. The molecule has 1 saturated heterocycles. The molecule has 0 unspecified atom stereocenters. The van der Waals surface area contributed by atoms with Crippen molar-refractivity contribution >= 4 is 23.9 Å². The number of nitrogens with one attached hydrogen (secondary N) is 1. The Morgan fingerprint density at radius 3 is 2.61 bits per heavy atom. The van der Waals surface area contributed by atoms with Gasteiger partial charge in [0.1, 0.15) is 11.6 Å². The van der Waals surface area contributed by atoms with Crippen LogP contribution < -0.4 is 10.2 Å². The molecule has 1 fully saturated rings. The molecule has 7 heteroatoms. The number of carbonyl (C=O) groups is 1. The number of hydrogen-bond acceptors (Lipinski definition) is 5. The van der Waals surface area contributed by atoms with Crippen LogP contribution >= 0.6 is 0 Å². The van der Waals surface area contributed by atoms with Crippen LogP contribution in [0, 0.1) is 12.7 Å². The van der Waals surface area contributed by atoms with Gasteiger partial charge in [-0.2, -0.15) is 4.98 Å². The van der Waals surface area contributed by atoms with Crippen molar-refractivity contribution in [2.24, 2.45) is 0 Å². The molecule has 2 heterocycles. The van der Waals surface area contributed by atoms with Crippen LogP contribution in [0.4, 0.5) is 21.8 Å². The van der Waals surface area contributed by atoms with Crippen molar-refractivity contribution in [1.82, 2.24) is 14.9 Å². The highest BCUT2D eigenvalue weighted by Crippen LogP contribution is 2.21. The second-order valence-corrected chi connectivity index (χ2v) is 5.43. The van der Waals surface area contributed by atoms with Gasteiger partial charge in [-0.15, -0.1) is 0 Å². The molecule has 120 valence electrons. The third kappa shape index (κ3) is 3.56. The van der Waals surface area contributed by atoms with Crippen LogP contribution in [0.2, 0.25) is 0 Å². The Bertz CT molecular complexity index is 701. The molecule has 0 saturated carbocycles. The Morgan fingerprint density at radius 2 is 1.91 bits per heavy atom. The van der Waals surface area contributed by atoms with Gasteiger partial charge in [0, 0.05) is 37.9 Å². The lowest BCUT2D eigenvalue weighted by Gasteiger charge is -2.32. The maximum absolute atomic E-state index is 13.8. The zero-order chi connectivity index (χ0) is 16.2.